The summed E-state index contributed by atoms with van der Waals surface area (Å²) in [4.78, 5) is 2.83. The van der Waals surface area contributed by atoms with Crippen molar-refractivity contribution in [3.63, 3.8) is 0 Å². The second-order valence-corrected chi connectivity index (χ2v) is 6.14. The molecule has 2 nitrogen and oxygen atoms in total. The van der Waals surface area contributed by atoms with Crippen molar-refractivity contribution in [2.24, 2.45) is 11.8 Å². The molecule has 2 fully saturated rings. The maximum absolute atomic E-state index is 3.48. The molecule has 2 heteroatoms. The lowest BCUT2D eigenvalue weighted by Gasteiger charge is -2.41. The first kappa shape index (κ1) is 13.4. The van der Waals surface area contributed by atoms with Gasteiger partial charge in [-0.25, -0.2) is 0 Å². The SMILES string of the molecule is CCC(C)C1CCCCN1CC1CCNCC1. The van der Waals surface area contributed by atoms with Crippen LogP contribution in [0.1, 0.15) is 52.4 Å². The Kier molecular flexibility index (Phi) is 5.30. The predicted octanol–water partition coefficient (Wildman–Crippen LogP) is 2.89. The quantitative estimate of drug-likeness (QED) is 0.810. The van der Waals surface area contributed by atoms with Crippen LogP contribution in [0.4, 0.5) is 0 Å². The molecule has 2 unspecified atom stereocenters. The predicted molar refractivity (Wildman–Crippen MR) is 74.3 cm³/mol. The van der Waals surface area contributed by atoms with Crippen molar-refractivity contribution >= 4 is 0 Å². The Morgan fingerprint density at radius 3 is 2.65 bits per heavy atom. The molecule has 0 aromatic heterocycles. The molecule has 1 N–H and O–H groups in total. The Bertz CT molecular complexity index is 211. The van der Waals surface area contributed by atoms with Crippen LogP contribution < -0.4 is 5.32 Å². The van der Waals surface area contributed by atoms with E-state index in [-0.39, 0.29) is 0 Å². The van der Waals surface area contributed by atoms with Crippen molar-refractivity contribution in [2.45, 2.75) is 58.4 Å². The van der Waals surface area contributed by atoms with Crippen LogP contribution in [0.3, 0.4) is 0 Å². The van der Waals surface area contributed by atoms with E-state index in [1.54, 1.807) is 0 Å². The van der Waals surface area contributed by atoms with E-state index in [1.807, 2.05) is 0 Å². The zero-order valence-electron chi connectivity index (χ0n) is 11.8. The van der Waals surface area contributed by atoms with E-state index in [0.717, 1.165) is 17.9 Å². The highest BCUT2D eigenvalue weighted by Crippen LogP contribution is 2.27. The van der Waals surface area contributed by atoms with Crippen molar-refractivity contribution in [1.82, 2.24) is 10.2 Å². The monoisotopic (exact) mass is 238 g/mol. The summed E-state index contributed by atoms with van der Waals surface area (Å²) < 4.78 is 0. The summed E-state index contributed by atoms with van der Waals surface area (Å²) in [5.74, 6) is 1.85. The van der Waals surface area contributed by atoms with Gasteiger partial charge in [0, 0.05) is 12.6 Å². The van der Waals surface area contributed by atoms with E-state index in [4.69, 9.17) is 0 Å². The normalized spacial score (nSPS) is 30.4. The number of nitrogens with one attached hydrogen (secondary N) is 1. The lowest BCUT2D eigenvalue weighted by molar-refractivity contribution is 0.0798. The number of hydrogen-bond acceptors (Lipinski definition) is 2. The lowest BCUT2D eigenvalue weighted by atomic mass is 9.88. The second kappa shape index (κ2) is 6.75. The number of rotatable bonds is 4. The molecule has 2 atom stereocenters. The fraction of sp³-hybridized carbons (Fsp3) is 1.00. The molecule has 0 amide bonds. The average Bonchev–Trinajstić information content (AvgIpc) is 2.40. The summed E-state index contributed by atoms with van der Waals surface area (Å²) in [6.45, 7) is 10.0. The molecule has 2 rings (SSSR count). The minimum atomic E-state index is 0.878. The van der Waals surface area contributed by atoms with Crippen LogP contribution in [0, 0.1) is 11.8 Å². The first-order valence-electron chi connectivity index (χ1n) is 7.76. The fourth-order valence-corrected chi connectivity index (χ4v) is 3.56. The van der Waals surface area contributed by atoms with E-state index < -0.39 is 0 Å². The summed E-state index contributed by atoms with van der Waals surface area (Å²) in [5, 5.41) is 3.48. The van der Waals surface area contributed by atoms with E-state index in [2.05, 4.69) is 24.1 Å². The van der Waals surface area contributed by atoms with Crippen LogP contribution in [0.5, 0.6) is 0 Å². The van der Waals surface area contributed by atoms with Crippen molar-refractivity contribution in [1.29, 1.82) is 0 Å². The summed E-state index contributed by atoms with van der Waals surface area (Å²) >= 11 is 0. The number of piperidine rings is 2. The molecule has 0 radical (unpaired) electrons. The van der Waals surface area contributed by atoms with Gasteiger partial charge in [-0.2, -0.15) is 0 Å². The Morgan fingerprint density at radius 1 is 1.18 bits per heavy atom. The molecule has 2 heterocycles. The van der Waals surface area contributed by atoms with Gasteiger partial charge in [-0.3, -0.25) is 4.90 Å². The minimum absolute atomic E-state index is 0.878. The van der Waals surface area contributed by atoms with Crippen molar-refractivity contribution < 1.29 is 0 Å². The Hall–Kier alpha value is -0.0800. The maximum atomic E-state index is 3.48. The van der Waals surface area contributed by atoms with Crippen LogP contribution in [0.15, 0.2) is 0 Å². The third kappa shape index (κ3) is 3.69. The molecular weight excluding hydrogens is 208 g/mol. The van der Waals surface area contributed by atoms with Crippen LogP contribution in [-0.2, 0) is 0 Å². The molecule has 0 aromatic rings. The summed E-state index contributed by atoms with van der Waals surface area (Å²) in [7, 11) is 0. The highest BCUT2D eigenvalue weighted by atomic mass is 15.2. The zero-order valence-corrected chi connectivity index (χ0v) is 11.8. The third-order valence-electron chi connectivity index (χ3n) is 4.92. The van der Waals surface area contributed by atoms with Crippen LogP contribution in [0.2, 0.25) is 0 Å². The maximum Gasteiger partial charge on any atom is 0.0121 e. The second-order valence-electron chi connectivity index (χ2n) is 6.14. The third-order valence-corrected chi connectivity index (χ3v) is 4.92. The van der Waals surface area contributed by atoms with Gasteiger partial charge >= 0.3 is 0 Å². The zero-order chi connectivity index (χ0) is 12.1. The molecule has 2 aliphatic rings. The molecule has 0 spiro atoms. The average molecular weight is 238 g/mol. The molecule has 0 aromatic carbocycles. The van der Waals surface area contributed by atoms with Crippen LogP contribution >= 0.6 is 0 Å². The van der Waals surface area contributed by atoms with Gasteiger partial charge in [0.25, 0.3) is 0 Å². The van der Waals surface area contributed by atoms with Crippen LogP contribution in [-0.4, -0.2) is 37.1 Å². The lowest BCUT2D eigenvalue weighted by Crippen LogP contribution is -2.46. The Labute approximate surface area is 107 Å². The topological polar surface area (TPSA) is 15.3 Å². The molecule has 0 bridgehead atoms. The molecule has 0 saturated carbocycles. The van der Waals surface area contributed by atoms with E-state index in [1.165, 1.54) is 64.7 Å². The van der Waals surface area contributed by atoms with Gasteiger partial charge in [-0.15, -0.1) is 0 Å². The summed E-state index contributed by atoms with van der Waals surface area (Å²) in [6.07, 6.45) is 8.45. The molecule has 100 valence electrons. The fourth-order valence-electron chi connectivity index (χ4n) is 3.56. The van der Waals surface area contributed by atoms with E-state index >= 15 is 0 Å². The molecule has 17 heavy (non-hydrogen) atoms. The van der Waals surface area contributed by atoms with Gasteiger partial charge in [0.05, 0.1) is 0 Å². The van der Waals surface area contributed by atoms with Crippen LogP contribution in [0.25, 0.3) is 0 Å². The number of likely N-dealkylation sites (tertiary alicyclic amines) is 1. The van der Waals surface area contributed by atoms with Crippen molar-refractivity contribution in [3.05, 3.63) is 0 Å². The number of nitrogens with zero attached hydrogens (tertiary/aromatic N) is 1. The van der Waals surface area contributed by atoms with Gasteiger partial charge in [0.1, 0.15) is 0 Å². The molecular formula is C15H30N2. The smallest absolute Gasteiger partial charge is 0.0121 e. The summed E-state index contributed by atoms with van der Waals surface area (Å²) in [5.41, 5.74) is 0. The Morgan fingerprint density at radius 2 is 1.94 bits per heavy atom. The van der Waals surface area contributed by atoms with Gasteiger partial charge < -0.3 is 5.32 Å². The highest BCUT2D eigenvalue weighted by Gasteiger charge is 2.28. The van der Waals surface area contributed by atoms with Gasteiger partial charge in [0.2, 0.25) is 0 Å². The first-order valence-corrected chi connectivity index (χ1v) is 7.76. The summed E-state index contributed by atoms with van der Waals surface area (Å²) in [6, 6.07) is 0.878. The van der Waals surface area contributed by atoms with Crippen molar-refractivity contribution in [2.75, 3.05) is 26.2 Å². The van der Waals surface area contributed by atoms with Gasteiger partial charge in [-0.05, 0) is 57.2 Å². The number of hydrogen-bond donors (Lipinski definition) is 1. The molecule has 2 aliphatic heterocycles. The van der Waals surface area contributed by atoms with Crippen molar-refractivity contribution in [3.8, 4) is 0 Å². The Balaban J connectivity index is 1.86. The highest BCUT2D eigenvalue weighted by molar-refractivity contribution is 4.83. The first-order chi connectivity index (χ1) is 8.31. The van der Waals surface area contributed by atoms with Gasteiger partial charge in [-0.1, -0.05) is 26.7 Å². The van der Waals surface area contributed by atoms with E-state index in [0.29, 0.717) is 0 Å². The minimum Gasteiger partial charge on any atom is -0.317 e. The van der Waals surface area contributed by atoms with Gasteiger partial charge in [0.15, 0.2) is 0 Å². The largest absolute Gasteiger partial charge is 0.317 e. The standard InChI is InChI=1S/C15H30N2/c1-3-13(2)15-6-4-5-11-17(15)12-14-7-9-16-10-8-14/h13-16H,3-12H2,1-2H3. The van der Waals surface area contributed by atoms with E-state index in [9.17, 15) is 0 Å². The molecule has 0 aliphatic carbocycles. The molecule has 2 saturated heterocycles.